The van der Waals surface area contributed by atoms with Crippen molar-refractivity contribution in [2.24, 2.45) is 0 Å². The molecule has 2 aliphatic rings. The number of nitrogens with zero attached hydrogens (tertiary/aromatic N) is 1. The van der Waals surface area contributed by atoms with E-state index in [1.54, 1.807) is 0 Å². The predicted octanol–water partition coefficient (Wildman–Crippen LogP) is 1.67. The number of piperazine rings is 1. The van der Waals surface area contributed by atoms with Crippen LogP contribution in [-0.4, -0.2) is 26.2 Å². The molecule has 1 aromatic carbocycles. The third-order valence-corrected chi connectivity index (χ3v) is 3.24. The van der Waals surface area contributed by atoms with Gasteiger partial charge in [0.05, 0.1) is 0 Å². The molecule has 1 aromatic rings. The van der Waals surface area contributed by atoms with Crippen LogP contribution in [0, 0.1) is 0 Å². The van der Waals surface area contributed by atoms with E-state index in [2.05, 4.69) is 40.6 Å². The molecule has 1 N–H and O–H groups in total. The highest BCUT2D eigenvalue weighted by Crippen LogP contribution is 2.25. The molecule has 2 nitrogen and oxygen atoms in total. The van der Waals surface area contributed by atoms with E-state index in [1.165, 1.54) is 16.8 Å². The van der Waals surface area contributed by atoms with E-state index in [4.69, 9.17) is 0 Å². The summed E-state index contributed by atoms with van der Waals surface area (Å²) in [5, 5.41) is 3.38. The number of hydrogen-bond donors (Lipinski definition) is 1. The van der Waals surface area contributed by atoms with Crippen molar-refractivity contribution in [3.63, 3.8) is 0 Å². The Balaban J connectivity index is 1.86. The number of rotatable bonds is 1. The van der Waals surface area contributed by atoms with Crippen molar-refractivity contribution in [2.45, 2.75) is 6.42 Å². The Bertz CT molecular complexity index is 390. The van der Waals surface area contributed by atoms with Gasteiger partial charge < -0.3 is 10.2 Å². The molecule has 1 heterocycles. The maximum atomic E-state index is 3.38. The molecule has 1 fully saturated rings. The Morgan fingerprint density at radius 2 is 2.00 bits per heavy atom. The zero-order valence-electron chi connectivity index (χ0n) is 8.87. The van der Waals surface area contributed by atoms with Gasteiger partial charge in [-0.25, -0.2) is 0 Å². The minimum absolute atomic E-state index is 1.11. The van der Waals surface area contributed by atoms with Gasteiger partial charge in [0, 0.05) is 31.9 Å². The Hall–Kier alpha value is -1.28. The second kappa shape index (κ2) is 3.70. The van der Waals surface area contributed by atoms with Gasteiger partial charge in [-0.2, -0.15) is 0 Å². The fourth-order valence-electron chi connectivity index (χ4n) is 2.36. The molecule has 0 unspecified atom stereocenters. The summed E-state index contributed by atoms with van der Waals surface area (Å²) >= 11 is 0. The highest BCUT2D eigenvalue weighted by Gasteiger charge is 2.12. The van der Waals surface area contributed by atoms with Gasteiger partial charge in [-0.05, 0) is 29.7 Å². The zero-order valence-corrected chi connectivity index (χ0v) is 8.87. The van der Waals surface area contributed by atoms with Crippen molar-refractivity contribution in [1.82, 2.24) is 5.32 Å². The van der Waals surface area contributed by atoms with Crippen LogP contribution < -0.4 is 10.2 Å². The summed E-state index contributed by atoms with van der Waals surface area (Å²) in [4.78, 5) is 2.47. The third kappa shape index (κ3) is 1.65. The van der Waals surface area contributed by atoms with Gasteiger partial charge in [-0.3, -0.25) is 0 Å². The van der Waals surface area contributed by atoms with Crippen LogP contribution in [0.4, 0.5) is 5.69 Å². The van der Waals surface area contributed by atoms with Crippen LogP contribution in [0.1, 0.15) is 11.1 Å². The monoisotopic (exact) mass is 200 g/mol. The molecule has 0 radical (unpaired) electrons. The molecule has 1 saturated heterocycles. The molecule has 0 atom stereocenters. The van der Waals surface area contributed by atoms with Crippen molar-refractivity contribution in [2.75, 3.05) is 31.1 Å². The maximum Gasteiger partial charge on any atom is 0.0370 e. The second-order valence-electron chi connectivity index (χ2n) is 4.23. The first-order chi connectivity index (χ1) is 7.43. The molecule has 0 spiro atoms. The number of nitrogens with one attached hydrogen (secondary N) is 1. The summed E-state index contributed by atoms with van der Waals surface area (Å²) in [7, 11) is 0. The molecular weight excluding hydrogens is 184 g/mol. The van der Waals surface area contributed by atoms with E-state index < -0.39 is 0 Å². The van der Waals surface area contributed by atoms with Gasteiger partial charge in [-0.1, -0.05) is 18.2 Å². The molecule has 0 amide bonds. The van der Waals surface area contributed by atoms with Crippen LogP contribution in [0.2, 0.25) is 0 Å². The first kappa shape index (κ1) is 8.98. The fraction of sp³-hybridized carbons (Fsp3) is 0.385. The highest BCUT2D eigenvalue weighted by atomic mass is 15.2. The highest BCUT2D eigenvalue weighted by molar-refractivity contribution is 5.64. The molecule has 3 rings (SSSR count). The van der Waals surface area contributed by atoms with Crippen molar-refractivity contribution in [3.8, 4) is 0 Å². The molecule has 15 heavy (non-hydrogen) atoms. The molecule has 2 heteroatoms. The topological polar surface area (TPSA) is 15.3 Å². The maximum absolute atomic E-state index is 3.38. The number of benzene rings is 1. The Morgan fingerprint density at radius 1 is 1.13 bits per heavy atom. The van der Waals surface area contributed by atoms with Crippen LogP contribution in [0.15, 0.2) is 24.3 Å². The fourth-order valence-corrected chi connectivity index (χ4v) is 2.36. The van der Waals surface area contributed by atoms with Gasteiger partial charge in [0.15, 0.2) is 0 Å². The summed E-state index contributed by atoms with van der Waals surface area (Å²) in [6.07, 6.45) is 5.57. The van der Waals surface area contributed by atoms with Gasteiger partial charge >= 0.3 is 0 Å². The normalized spacial score (nSPS) is 19.3. The smallest absolute Gasteiger partial charge is 0.0370 e. The number of fused-ring (bicyclic) bond motifs is 1. The molecular formula is C13H16N2. The number of anilines is 1. The van der Waals surface area contributed by atoms with Gasteiger partial charge in [0.2, 0.25) is 0 Å². The van der Waals surface area contributed by atoms with E-state index in [9.17, 15) is 0 Å². The average molecular weight is 200 g/mol. The minimum atomic E-state index is 1.11. The summed E-state index contributed by atoms with van der Waals surface area (Å²) in [5.74, 6) is 0. The van der Waals surface area contributed by atoms with Crippen LogP contribution in [0.3, 0.4) is 0 Å². The lowest BCUT2D eigenvalue weighted by atomic mass is 10.1. The van der Waals surface area contributed by atoms with Crippen molar-refractivity contribution >= 4 is 11.8 Å². The first-order valence-electron chi connectivity index (χ1n) is 5.69. The second-order valence-corrected chi connectivity index (χ2v) is 4.23. The van der Waals surface area contributed by atoms with Crippen molar-refractivity contribution < 1.29 is 0 Å². The van der Waals surface area contributed by atoms with E-state index in [1.807, 2.05) is 0 Å². The molecule has 0 saturated carbocycles. The Labute approximate surface area is 90.6 Å². The third-order valence-electron chi connectivity index (χ3n) is 3.24. The van der Waals surface area contributed by atoms with E-state index in [0.29, 0.717) is 0 Å². The summed E-state index contributed by atoms with van der Waals surface area (Å²) in [6, 6.07) is 6.84. The Morgan fingerprint density at radius 3 is 2.87 bits per heavy atom. The summed E-state index contributed by atoms with van der Waals surface area (Å²) < 4.78 is 0. The van der Waals surface area contributed by atoms with Gasteiger partial charge in [0.1, 0.15) is 0 Å². The van der Waals surface area contributed by atoms with E-state index in [0.717, 1.165) is 32.6 Å². The van der Waals surface area contributed by atoms with Crippen LogP contribution in [-0.2, 0) is 6.42 Å². The van der Waals surface area contributed by atoms with Crippen LogP contribution in [0.5, 0.6) is 0 Å². The van der Waals surface area contributed by atoms with E-state index in [-0.39, 0.29) is 0 Å². The van der Waals surface area contributed by atoms with Gasteiger partial charge in [-0.15, -0.1) is 0 Å². The lowest BCUT2D eigenvalue weighted by Crippen LogP contribution is -2.43. The predicted molar refractivity (Wildman–Crippen MR) is 64.3 cm³/mol. The quantitative estimate of drug-likeness (QED) is 0.741. The zero-order chi connectivity index (χ0) is 10.1. The SMILES string of the molecule is C1=Cc2ccc(N3CCNCC3)cc2C1. The lowest BCUT2D eigenvalue weighted by Gasteiger charge is -2.29. The summed E-state index contributed by atoms with van der Waals surface area (Å²) in [6.45, 7) is 4.48. The van der Waals surface area contributed by atoms with E-state index >= 15 is 0 Å². The minimum Gasteiger partial charge on any atom is -0.369 e. The molecule has 78 valence electrons. The summed E-state index contributed by atoms with van der Waals surface area (Å²) in [5.41, 5.74) is 4.26. The molecule has 0 aromatic heterocycles. The van der Waals surface area contributed by atoms with Gasteiger partial charge in [0.25, 0.3) is 0 Å². The van der Waals surface area contributed by atoms with Crippen LogP contribution >= 0.6 is 0 Å². The Kier molecular flexibility index (Phi) is 2.22. The average Bonchev–Trinajstić information content (AvgIpc) is 2.77. The largest absolute Gasteiger partial charge is 0.369 e. The van der Waals surface area contributed by atoms with Crippen LogP contribution in [0.25, 0.3) is 6.08 Å². The van der Waals surface area contributed by atoms with Crippen molar-refractivity contribution in [3.05, 3.63) is 35.4 Å². The molecule has 0 bridgehead atoms. The van der Waals surface area contributed by atoms with Crippen molar-refractivity contribution in [1.29, 1.82) is 0 Å². The number of hydrogen-bond acceptors (Lipinski definition) is 2. The first-order valence-corrected chi connectivity index (χ1v) is 5.69. The number of allylic oxidation sites excluding steroid dienone is 1. The lowest BCUT2D eigenvalue weighted by molar-refractivity contribution is 0.589. The standard InChI is InChI=1S/C13H16N2/c1-2-11-4-5-13(10-12(11)3-1)15-8-6-14-7-9-15/h1-2,4-5,10,14H,3,6-9H2. The molecule has 1 aliphatic carbocycles. The molecule has 1 aliphatic heterocycles.